The topological polar surface area (TPSA) is 42.7 Å². The Morgan fingerprint density at radius 2 is 2.24 bits per heavy atom. The van der Waals surface area contributed by atoms with Gasteiger partial charge >= 0.3 is 0 Å². The predicted octanol–water partition coefficient (Wildman–Crippen LogP) is 1.77. The predicted molar refractivity (Wildman–Crippen MR) is 70.5 cm³/mol. The molecular formula is C12H18N4S. The van der Waals surface area contributed by atoms with E-state index in [9.17, 15) is 0 Å². The smallest absolute Gasteiger partial charge is 0.113 e. The summed E-state index contributed by atoms with van der Waals surface area (Å²) in [5, 5.41) is 4.28. The van der Waals surface area contributed by atoms with Crippen LogP contribution in [0.3, 0.4) is 0 Å². The van der Waals surface area contributed by atoms with Crippen molar-refractivity contribution in [1.29, 1.82) is 0 Å². The van der Waals surface area contributed by atoms with Crippen LogP contribution in [0.5, 0.6) is 0 Å². The molecule has 2 rings (SSSR count). The summed E-state index contributed by atoms with van der Waals surface area (Å²) < 4.78 is 2.10. The zero-order chi connectivity index (χ0) is 12.3. The van der Waals surface area contributed by atoms with Crippen LogP contribution in [0.2, 0.25) is 0 Å². The molecule has 0 radical (unpaired) electrons. The molecule has 0 aliphatic rings. The highest BCUT2D eigenvalue weighted by Gasteiger charge is 2.05. The Bertz CT molecular complexity index is 467. The molecule has 0 unspecified atom stereocenters. The van der Waals surface area contributed by atoms with E-state index < -0.39 is 0 Å². The van der Waals surface area contributed by atoms with Crippen LogP contribution in [0, 0.1) is 13.8 Å². The van der Waals surface area contributed by atoms with Crippen LogP contribution in [0.25, 0.3) is 0 Å². The van der Waals surface area contributed by atoms with E-state index in [-0.39, 0.29) is 0 Å². The molecule has 0 bridgehead atoms. The second kappa shape index (κ2) is 5.42. The van der Waals surface area contributed by atoms with Gasteiger partial charge in [0.2, 0.25) is 0 Å². The van der Waals surface area contributed by atoms with Gasteiger partial charge in [0.05, 0.1) is 24.3 Å². The van der Waals surface area contributed by atoms with Crippen molar-refractivity contribution in [2.24, 2.45) is 0 Å². The van der Waals surface area contributed by atoms with Crippen LogP contribution in [0.15, 0.2) is 12.5 Å². The number of thiazole rings is 1. The Balaban J connectivity index is 2.01. The summed E-state index contributed by atoms with van der Waals surface area (Å²) in [5.41, 5.74) is 2.27. The fourth-order valence-electron chi connectivity index (χ4n) is 1.64. The first-order valence-electron chi connectivity index (χ1n) is 5.77. The third kappa shape index (κ3) is 3.14. The molecule has 5 heteroatoms. The molecule has 2 aromatic rings. The Morgan fingerprint density at radius 1 is 1.41 bits per heavy atom. The van der Waals surface area contributed by atoms with Gasteiger partial charge in [-0.25, -0.2) is 9.97 Å². The third-order valence-corrected chi connectivity index (χ3v) is 3.77. The third-order valence-electron chi connectivity index (χ3n) is 2.71. The standard InChI is InChI=1S/C12H18N4S/c1-9-10(2)17-12(15-9)7-16-6-11(14-8-16)4-5-13-3/h6,8,13H,4-5,7H2,1-3H3. The largest absolute Gasteiger partial charge is 0.330 e. The fraction of sp³-hybridized carbons (Fsp3) is 0.500. The van der Waals surface area contributed by atoms with Crippen molar-refractivity contribution in [2.45, 2.75) is 26.8 Å². The van der Waals surface area contributed by atoms with E-state index >= 15 is 0 Å². The summed E-state index contributed by atoms with van der Waals surface area (Å²) in [4.78, 5) is 10.2. The molecule has 0 atom stereocenters. The molecule has 1 N–H and O–H groups in total. The Hall–Kier alpha value is -1.20. The van der Waals surface area contributed by atoms with Crippen molar-refractivity contribution in [1.82, 2.24) is 19.9 Å². The number of hydrogen-bond acceptors (Lipinski definition) is 4. The van der Waals surface area contributed by atoms with Crippen molar-refractivity contribution in [2.75, 3.05) is 13.6 Å². The first-order chi connectivity index (χ1) is 8.19. The van der Waals surface area contributed by atoms with Gasteiger partial charge in [-0.1, -0.05) is 0 Å². The van der Waals surface area contributed by atoms with E-state index in [1.807, 2.05) is 13.4 Å². The lowest BCUT2D eigenvalue weighted by molar-refractivity contribution is 0.771. The van der Waals surface area contributed by atoms with E-state index in [1.165, 1.54) is 4.88 Å². The van der Waals surface area contributed by atoms with E-state index in [1.54, 1.807) is 11.3 Å². The van der Waals surface area contributed by atoms with Crippen LogP contribution < -0.4 is 5.32 Å². The lowest BCUT2D eigenvalue weighted by Gasteiger charge is -1.97. The van der Waals surface area contributed by atoms with Gasteiger partial charge in [0.1, 0.15) is 5.01 Å². The minimum absolute atomic E-state index is 0.825. The fourth-order valence-corrected chi connectivity index (χ4v) is 2.58. The first kappa shape index (κ1) is 12.3. The van der Waals surface area contributed by atoms with E-state index in [2.05, 4.69) is 39.9 Å². The highest BCUT2D eigenvalue weighted by molar-refractivity contribution is 7.11. The molecule has 92 valence electrons. The molecule has 4 nitrogen and oxygen atoms in total. The summed E-state index contributed by atoms with van der Waals surface area (Å²) >= 11 is 1.76. The highest BCUT2D eigenvalue weighted by Crippen LogP contribution is 2.17. The molecule has 0 fully saturated rings. The number of rotatable bonds is 5. The zero-order valence-electron chi connectivity index (χ0n) is 10.5. The summed E-state index contributed by atoms with van der Waals surface area (Å²) in [5.74, 6) is 0. The number of aromatic nitrogens is 3. The summed E-state index contributed by atoms with van der Waals surface area (Å²) in [6, 6.07) is 0. The molecule has 0 saturated carbocycles. The van der Waals surface area contributed by atoms with Crippen LogP contribution in [-0.2, 0) is 13.0 Å². The normalized spacial score (nSPS) is 11.0. The van der Waals surface area contributed by atoms with Gasteiger partial charge in [-0.05, 0) is 20.9 Å². The Labute approximate surface area is 106 Å². The van der Waals surface area contributed by atoms with Gasteiger partial charge in [-0.3, -0.25) is 0 Å². The van der Waals surface area contributed by atoms with Crippen LogP contribution in [0.4, 0.5) is 0 Å². The molecule has 2 aromatic heterocycles. The van der Waals surface area contributed by atoms with Crippen LogP contribution in [0.1, 0.15) is 21.3 Å². The highest BCUT2D eigenvalue weighted by atomic mass is 32.1. The first-order valence-corrected chi connectivity index (χ1v) is 6.59. The molecule has 0 aromatic carbocycles. The monoisotopic (exact) mass is 250 g/mol. The average molecular weight is 250 g/mol. The maximum Gasteiger partial charge on any atom is 0.113 e. The quantitative estimate of drug-likeness (QED) is 0.879. The van der Waals surface area contributed by atoms with Crippen molar-refractivity contribution < 1.29 is 0 Å². The van der Waals surface area contributed by atoms with E-state index in [0.717, 1.165) is 35.9 Å². The van der Waals surface area contributed by atoms with Crippen molar-refractivity contribution in [3.05, 3.63) is 33.8 Å². The van der Waals surface area contributed by atoms with Gasteiger partial charge < -0.3 is 9.88 Å². The number of nitrogens with zero attached hydrogens (tertiary/aromatic N) is 3. The summed E-state index contributed by atoms with van der Waals surface area (Å²) in [6.45, 7) is 5.96. The molecule has 0 aliphatic carbocycles. The average Bonchev–Trinajstić information content (AvgIpc) is 2.85. The number of likely N-dealkylation sites (N-methyl/N-ethyl adjacent to an activating group) is 1. The number of hydrogen-bond donors (Lipinski definition) is 1. The summed E-state index contributed by atoms with van der Waals surface area (Å²) in [7, 11) is 1.96. The molecule has 0 spiro atoms. The molecular weight excluding hydrogens is 232 g/mol. The van der Waals surface area contributed by atoms with Gasteiger partial charge in [0.15, 0.2) is 0 Å². The van der Waals surface area contributed by atoms with Gasteiger partial charge in [-0.2, -0.15) is 0 Å². The van der Waals surface area contributed by atoms with E-state index in [4.69, 9.17) is 0 Å². The minimum atomic E-state index is 0.825. The van der Waals surface area contributed by atoms with E-state index in [0.29, 0.717) is 0 Å². The molecule has 17 heavy (non-hydrogen) atoms. The van der Waals surface area contributed by atoms with Crippen molar-refractivity contribution >= 4 is 11.3 Å². The second-order valence-electron chi connectivity index (χ2n) is 4.14. The lowest BCUT2D eigenvalue weighted by atomic mass is 10.3. The Kier molecular flexibility index (Phi) is 3.91. The minimum Gasteiger partial charge on any atom is -0.330 e. The lowest BCUT2D eigenvalue weighted by Crippen LogP contribution is -2.10. The van der Waals surface area contributed by atoms with Crippen LogP contribution >= 0.6 is 11.3 Å². The van der Waals surface area contributed by atoms with Crippen LogP contribution in [-0.4, -0.2) is 28.1 Å². The van der Waals surface area contributed by atoms with Gasteiger partial charge in [0.25, 0.3) is 0 Å². The zero-order valence-corrected chi connectivity index (χ0v) is 11.3. The molecule has 0 aliphatic heterocycles. The molecule has 0 amide bonds. The number of nitrogens with one attached hydrogen (secondary N) is 1. The Morgan fingerprint density at radius 3 is 2.88 bits per heavy atom. The van der Waals surface area contributed by atoms with Crippen molar-refractivity contribution in [3.8, 4) is 0 Å². The van der Waals surface area contributed by atoms with Crippen molar-refractivity contribution in [3.63, 3.8) is 0 Å². The second-order valence-corrected chi connectivity index (χ2v) is 5.43. The SMILES string of the molecule is CNCCc1cn(Cc2nc(C)c(C)s2)cn1. The molecule has 0 saturated heterocycles. The maximum atomic E-state index is 4.53. The summed E-state index contributed by atoms with van der Waals surface area (Å²) in [6.07, 6.45) is 4.96. The van der Waals surface area contributed by atoms with Gasteiger partial charge in [-0.15, -0.1) is 11.3 Å². The maximum absolute atomic E-state index is 4.53. The van der Waals surface area contributed by atoms with Gasteiger partial charge in [0, 0.05) is 24.0 Å². The molecule has 2 heterocycles. The number of aryl methyl sites for hydroxylation is 2. The number of imidazole rings is 1.